The normalized spacial score (nSPS) is 20.2. The van der Waals surface area contributed by atoms with Gasteiger partial charge in [-0.05, 0) is 30.7 Å². The Morgan fingerprint density at radius 1 is 1.24 bits per heavy atom. The first-order chi connectivity index (χ1) is 12.8. The summed E-state index contributed by atoms with van der Waals surface area (Å²) < 4.78 is 115. The molecule has 0 saturated heterocycles. The molecule has 2 atom stereocenters. The number of benzene rings is 1. The number of hydrogen-bond acceptors (Lipinski definition) is 5. The Balaban J connectivity index is 2.63. The molecular formula is C15H13F8NO4S. The lowest BCUT2D eigenvalue weighted by molar-refractivity contribution is -0.194. The number of fused-ring (bicyclic) bond motifs is 1. The van der Waals surface area contributed by atoms with Crippen LogP contribution in [0.25, 0.3) is 6.08 Å². The topological polar surface area (TPSA) is 57.1 Å². The van der Waals surface area contributed by atoms with Crippen LogP contribution in [0.15, 0.2) is 27.8 Å². The van der Waals surface area contributed by atoms with E-state index in [2.05, 4.69) is 26.2 Å². The van der Waals surface area contributed by atoms with Crippen LogP contribution >= 0.6 is 10.2 Å². The number of carbonyl (C=O) groups excluding carboxylic acids is 1. The lowest BCUT2D eigenvalue weighted by atomic mass is 9.99. The van der Waals surface area contributed by atoms with Crippen LogP contribution in [0.3, 0.4) is 0 Å². The maximum Gasteiger partial charge on any atom is 0.430 e. The maximum atomic E-state index is 13.3. The van der Waals surface area contributed by atoms with Crippen molar-refractivity contribution in [3.05, 3.63) is 28.8 Å². The Hall–Kier alpha value is -2.51. The number of rotatable bonds is 5. The molecule has 1 aromatic rings. The predicted octanol–water partition coefficient (Wildman–Crippen LogP) is 5.88. The fourth-order valence-corrected chi connectivity index (χ4v) is 3.19. The number of oxime groups is 1. The molecule has 2 rings (SSSR count). The average Bonchev–Trinajstić information content (AvgIpc) is 2.50. The summed E-state index contributed by atoms with van der Waals surface area (Å²) in [7, 11) is -10.1. The number of nitrogens with zero attached hydrogens (tertiary/aromatic N) is 1. The van der Waals surface area contributed by atoms with Crippen LogP contribution in [0, 0.1) is 6.92 Å². The number of alkyl halides is 3. The van der Waals surface area contributed by atoms with Crippen molar-refractivity contribution in [2.24, 2.45) is 5.16 Å². The molecule has 0 fully saturated rings. The van der Waals surface area contributed by atoms with Gasteiger partial charge in [-0.1, -0.05) is 24.6 Å². The molecule has 0 radical (unpaired) electrons. The maximum absolute atomic E-state index is 13.3. The highest BCUT2D eigenvalue weighted by atomic mass is 32.5. The van der Waals surface area contributed by atoms with E-state index >= 15 is 0 Å². The minimum absolute atomic E-state index is 0.0172. The van der Waals surface area contributed by atoms with Crippen molar-refractivity contribution in [2.75, 3.05) is 0 Å². The van der Waals surface area contributed by atoms with Crippen molar-refractivity contribution >= 4 is 29.0 Å². The van der Waals surface area contributed by atoms with Gasteiger partial charge in [0.25, 0.3) is 6.29 Å². The summed E-state index contributed by atoms with van der Waals surface area (Å²) in [6, 6.07) is -0.106. The van der Waals surface area contributed by atoms with Gasteiger partial charge < -0.3 is 14.3 Å². The Labute approximate surface area is 158 Å². The van der Waals surface area contributed by atoms with Crippen LogP contribution in [0.5, 0.6) is 5.75 Å². The molecule has 1 aromatic carbocycles. The summed E-state index contributed by atoms with van der Waals surface area (Å²) in [5.41, 5.74) is -2.68. The summed E-state index contributed by atoms with van der Waals surface area (Å²) in [5.74, 6) is -2.39. The molecular weight excluding hydrogens is 442 g/mol. The van der Waals surface area contributed by atoms with E-state index < -0.39 is 62.1 Å². The summed E-state index contributed by atoms with van der Waals surface area (Å²) in [5, 5.41) is 2.90. The van der Waals surface area contributed by atoms with Gasteiger partial charge >= 0.3 is 22.4 Å². The zero-order valence-electron chi connectivity index (χ0n) is 14.6. The van der Waals surface area contributed by atoms with Crippen molar-refractivity contribution < 1.29 is 51.7 Å². The standard InChI is InChI=1S/C15H13F8NO4S/c1-7-4-10(29(19,20,21,22)23)5-9-6-11(14(25)26-8(2)28-24-3)13(15(16,17)18)27-12(7)9/h4-6,8,13H,3H2,1-2H3/t8?,13-/m0/s1. The minimum atomic E-state index is -10.1. The van der Waals surface area contributed by atoms with E-state index in [1.54, 1.807) is 0 Å². The van der Waals surface area contributed by atoms with Gasteiger partial charge in [0.15, 0.2) is 0 Å². The Bertz CT molecular complexity index is 895. The van der Waals surface area contributed by atoms with Crippen LogP contribution in [-0.4, -0.2) is 31.3 Å². The first-order valence-electron chi connectivity index (χ1n) is 7.50. The van der Waals surface area contributed by atoms with Crippen molar-refractivity contribution in [1.29, 1.82) is 0 Å². The first-order valence-corrected chi connectivity index (χ1v) is 9.45. The summed E-state index contributed by atoms with van der Waals surface area (Å²) >= 11 is 0. The van der Waals surface area contributed by atoms with Gasteiger partial charge in [0.1, 0.15) is 10.6 Å². The van der Waals surface area contributed by atoms with Gasteiger partial charge in [0.05, 0.1) is 5.57 Å². The molecule has 0 spiro atoms. The highest BCUT2D eigenvalue weighted by molar-refractivity contribution is 8.45. The first kappa shape index (κ1) is 22.8. The van der Waals surface area contributed by atoms with Crippen molar-refractivity contribution in [3.8, 4) is 5.75 Å². The lowest BCUT2D eigenvalue weighted by Crippen LogP contribution is -2.41. The van der Waals surface area contributed by atoms with Crippen LogP contribution < -0.4 is 4.74 Å². The van der Waals surface area contributed by atoms with E-state index in [0.717, 1.165) is 13.8 Å². The van der Waals surface area contributed by atoms with E-state index in [1.807, 2.05) is 0 Å². The third kappa shape index (κ3) is 5.10. The number of halogens is 8. The second-order valence-corrected chi connectivity index (χ2v) is 8.38. The van der Waals surface area contributed by atoms with Gasteiger partial charge in [-0.15, -0.1) is 0 Å². The Morgan fingerprint density at radius 2 is 1.83 bits per heavy atom. The summed E-state index contributed by atoms with van der Waals surface area (Å²) in [4.78, 5) is 14.1. The largest absolute Gasteiger partial charge is 0.475 e. The third-order valence-electron chi connectivity index (χ3n) is 3.58. The molecule has 0 amide bonds. The fraction of sp³-hybridized carbons (Fsp3) is 0.333. The molecule has 164 valence electrons. The smallest absolute Gasteiger partial charge is 0.430 e. The van der Waals surface area contributed by atoms with Crippen LogP contribution in [0.2, 0.25) is 0 Å². The van der Waals surface area contributed by atoms with E-state index in [9.17, 15) is 37.4 Å². The summed E-state index contributed by atoms with van der Waals surface area (Å²) in [6.07, 6.45) is -9.22. The molecule has 29 heavy (non-hydrogen) atoms. The molecule has 1 aliphatic rings. The predicted molar refractivity (Wildman–Crippen MR) is 87.2 cm³/mol. The number of esters is 1. The van der Waals surface area contributed by atoms with Crippen molar-refractivity contribution in [2.45, 2.75) is 37.3 Å². The number of aryl methyl sites for hydroxylation is 1. The number of ether oxygens (including phenoxy) is 2. The monoisotopic (exact) mass is 455 g/mol. The van der Waals surface area contributed by atoms with Gasteiger partial charge in [-0.2, -0.15) is 13.2 Å². The van der Waals surface area contributed by atoms with Gasteiger partial charge in [-0.3, -0.25) is 0 Å². The van der Waals surface area contributed by atoms with Crippen LogP contribution in [0.4, 0.5) is 32.6 Å². The van der Waals surface area contributed by atoms with E-state index in [0.29, 0.717) is 6.08 Å². The molecule has 0 aliphatic carbocycles. The molecule has 1 heterocycles. The van der Waals surface area contributed by atoms with Gasteiger partial charge in [0.2, 0.25) is 6.10 Å². The fourth-order valence-electron chi connectivity index (χ4n) is 2.44. The van der Waals surface area contributed by atoms with E-state index in [1.165, 1.54) is 0 Å². The molecule has 0 saturated carbocycles. The van der Waals surface area contributed by atoms with Crippen LogP contribution in [0.1, 0.15) is 18.1 Å². The lowest BCUT2D eigenvalue weighted by Gasteiger charge is -2.41. The zero-order valence-corrected chi connectivity index (χ0v) is 15.4. The molecule has 0 bridgehead atoms. The molecule has 0 aromatic heterocycles. The molecule has 1 aliphatic heterocycles. The Morgan fingerprint density at radius 3 is 2.31 bits per heavy atom. The molecule has 5 nitrogen and oxygen atoms in total. The highest BCUT2D eigenvalue weighted by Crippen LogP contribution is 3.02. The van der Waals surface area contributed by atoms with E-state index in [4.69, 9.17) is 0 Å². The molecule has 14 heteroatoms. The highest BCUT2D eigenvalue weighted by Gasteiger charge is 2.65. The average molecular weight is 455 g/mol. The zero-order chi connectivity index (χ0) is 22.5. The van der Waals surface area contributed by atoms with Gasteiger partial charge in [-0.25, -0.2) is 4.79 Å². The van der Waals surface area contributed by atoms with Crippen LogP contribution in [-0.2, 0) is 14.4 Å². The van der Waals surface area contributed by atoms with Crippen molar-refractivity contribution in [3.63, 3.8) is 0 Å². The molecule has 0 N–H and O–H groups in total. The third-order valence-corrected chi connectivity index (χ3v) is 4.71. The Kier molecular flexibility index (Phi) is 4.90. The SMILES string of the molecule is C=NOC(C)OC(=O)C1=Cc2cc(S(F)(F)(F)(F)F)cc(C)c2O[C@@H]1C(F)(F)F. The van der Waals surface area contributed by atoms with Gasteiger partial charge in [0, 0.05) is 19.2 Å². The quantitative estimate of drug-likeness (QED) is 0.183. The number of carbonyl (C=O) groups is 1. The number of hydrogen-bond donors (Lipinski definition) is 0. The second-order valence-electron chi connectivity index (χ2n) is 5.97. The summed E-state index contributed by atoms with van der Waals surface area (Å²) in [6.45, 7) is 4.84. The minimum Gasteiger partial charge on any atom is -0.475 e. The van der Waals surface area contributed by atoms with E-state index in [-0.39, 0.29) is 12.1 Å². The van der Waals surface area contributed by atoms with Crippen molar-refractivity contribution in [1.82, 2.24) is 0 Å². The second kappa shape index (κ2) is 6.24. The molecule has 1 unspecified atom stereocenters.